The lowest BCUT2D eigenvalue weighted by Gasteiger charge is -2.17. The predicted octanol–water partition coefficient (Wildman–Crippen LogP) is 0.625. The van der Waals surface area contributed by atoms with Crippen LogP contribution in [0.3, 0.4) is 0 Å². The summed E-state index contributed by atoms with van der Waals surface area (Å²) in [6, 6.07) is 3.67. The third kappa shape index (κ3) is 2.60. The molecule has 0 amide bonds. The Morgan fingerprint density at radius 1 is 1.47 bits per heavy atom. The number of rotatable bonds is 3. The number of hydrogen-bond donors (Lipinski definition) is 1. The van der Waals surface area contributed by atoms with E-state index in [9.17, 15) is 18.5 Å². The lowest BCUT2D eigenvalue weighted by Crippen LogP contribution is -2.32. The third-order valence-corrected chi connectivity index (χ3v) is 5.19. The van der Waals surface area contributed by atoms with E-state index in [0.717, 1.165) is 6.07 Å². The van der Waals surface area contributed by atoms with E-state index in [1.165, 1.54) is 16.4 Å². The maximum atomic E-state index is 12.4. The van der Waals surface area contributed by atoms with Crippen LogP contribution in [0.15, 0.2) is 23.1 Å². The first kappa shape index (κ1) is 13.9. The van der Waals surface area contributed by atoms with Crippen molar-refractivity contribution in [3.63, 3.8) is 0 Å². The van der Waals surface area contributed by atoms with Crippen LogP contribution in [-0.2, 0) is 10.0 Å². The summed E-state index contributed by atoms with van der Waals surface area (Å²) in [7, 11) is -3.71. The van der Waals surface area contributed by atoms with Crippen LogP contribution >= 0.6 is 0 Å². The van der Waals surface area contributed by atoms with Gasteiger partial charge in [-0.25, -0.2) is 8.42 Å². The normalized spacial score (nSPS) is 20.6. The maximum Gasteiger partial charge on any atom is 0.270 e. The summed E-state index contributed by atoms with van der Waals surface area (Å²) < 4.78 is 26.1. The van der Waals surface area contributed by atoms with E-state index in [2.05, 4.69) is 0 Å². The predicted molar refractivity (Wildman–Crippen MR) is 69.2 cm³/mol. The number of nitro benzene ring substituents is 1. The van der Waals surface area contributed by atoms with Crippen molar-refractivity contribution in [3.05, 3.63) is 33.9 Å². The van der Waals surface area contributed by atoms with Crippen molar-refractivity contribution in [2.45, 2.75) is 24.3 Å². The lowest BCUT2D eigenvalue weighted by molar-refractivity contribution is -0.385. The van der Waals surface area contributed by atoms with Crippen molar-refractivity contribution >= 4 is 15.7 Å². The van der Waals surface area contributed by atoms with E-state index in [1.807, 2.05) is 0 Å². The molecule has 1 aromatic carbocycles. The summed E-state index contributed by atoms with van der Waals surface area (Å²) in [6.45, 7) is 2.22. The summed E-state index contributed by atoms with van der Waals surface area (Å²) >= 11 is 0. The average molecular weight is 285 g/mol. The van der Waals surface area contributed by atoms with Crippen molar-refractivity contribution < 1.29 is 13.3 Å². The Hall–Kier alpha value is -1.51. The van der Waals surface area contributed by atoms with Crippen LogP contribution in [0.1, 0.15) is 12.0 Å². The van der Waals surface area contributed by atoms with E-state index < -0.39 is 14.9 Å². The van der Waals surface area contributed by atoms with Gasteiger partial charge in [0.2, 0.25) is 10.0 Å². The monoisotopic (exact) mass is 285 g/mol. The highest BCUT2D eigenvalue weighted by atomic mass is 32.2. The highest BCUT2D eigenvalue weighted by molar-refractivity contribution is 7.89. The van der Waals surface area contributed by atoms with Gasteiger partial charge in [0.1, 0.15) is 0 Å². The third-order valence-electron chi connectivity index (χ3n) is 3.19. The van der Waals surface area contributed by atoms with Crippen LogP contribution in [0.4, 0.5) is 5.69 Å². The lowest BCUT2D eigenvalue weighted by atomic mass is 10.2. The second kappa shape index (κ2) is 4.87. The molecule has 1 aromatic rings. The molecule has 104 valence electrons. The number of aryl methyl sites for hydroxylation is 1. The van der Waals surface area contributed by atoms with E-state index in [4.69, 9.17) is 5.73 Å². The van der Waals surface area contributed by atoms with Crippen LogP contribution in [0.5, 0.6) is 0 Å². The number of benzene rings is 1. The number of non-ortho nitro benzene ring substituents is 1. The van der Waals surface area contributed by atoms with Gasteiger partial charge in [-0.3, -0.25) is 10.1 Å². The Morgan fingerprint density at radius 3 is 2.68 bits per heavy atom. The van der Waals surface area contributed by atoms with E-state index in [-0.39, 0.29) is 23.2 Å². The number of nitrogens with zero attached hydrogens (tertiary/aromatic N) is 2. The molecule has 1 heterocycles. The average Bonchev–Trinajstić information content (AvgIpc) is 2.76. The molecule has 1 aliphatic rings. The van der Waals surface area contributed by atoms with Crippen LogP contribution in [-0.4, -0.2) is 36.8 Å². The molecule has 0 bridgehead atoms. The van der Waals surface area contributed by atoms with Crippen LogP contribution in [0.2, 0.25) is 0 Å². The van der Waals surface area contributed by atoms with Gasteiger partial charge >= 0.3 is 0 Å². The molecule has 1 aliphatic heterocycles. The molecular formula is C11H15N3O4S. The standard InChI is InChI=1S/C11H15N3O4S/c1-8-2-3-10(14(15)16)6-11(8)19(17,18)13-5-4-9(12)7-13/h2-3,6,9H,4-5,7,12H2,1H3. The van der Waals surface area contributed by atoms with Gasteiger partial charge in [0.15, 0.2) is 0 Å². The first-order valence-electron chi connectivity index (χ1n) is 5.83. The van der Waals surface area contributed by atoms with Gasteiger partial charge in [-0.2, -0.15) is 4.31 Å². The van der Waals surface area contributed by atoms with E-state index in [0.29, 0.717) is 18.5 Å². The molecule has 0 saturated carbocycles. The highest BCUT2D eigenvalue weighted by Crippen LogP contribution is 2.26. The van der Waals surface area contributed by atoms with Crippen LogP contribution in [0.25, 0.3) is 0 Å². The number of sulfonamides is 1. The van der Waals surface area contributed by atoms with Gasteiger partial charge in [-0.05, 0) is 18.9 Å². The first-order chi connectivity index (χ1) is 8.82. The molecule has 2 rings (SSSR count). The van der Waals surface area contributed by atoms with Crippen molar-refractivity contribution in [1.29, 1.82) is 0 Å². The zero-order chi connectivity index (χ0) is 14.2. The summed E-state index contributed by atoms with van der Waals surface area (Å²) in [5.41, 5.74) is 5.96. The Morgan fingerprint density at radius 2 is 2.16 bits per heavy atom. The van der Waals surface area contributed by atoms with Crippen LogP contribution in [0, 0.1) is 17.0 Å². The van der Waals surface area contributed by atoms with Crippen molar-refractivity contribution in [3.8, 4) is 0 Å². The largest absolute Gasteiger partial charge is 0.326 e. The highest BCUT2D eigenvalue weighted by Gasteiger charge is 2.32. The minimum atomic E-state index is -3.71. The van der Waals surface area contributed by atoms with Crippen LogP contribution < -0.4 is 5.73 Å². The zero-order valence-electron chi connectivity index (χ0n) is 10.4. The molecule has 8 heteroatoms. The van der Waals surface area contributed by atoms with Crippen molar-refractivity contribution in [2.24, 2.45) is 5.73 Å². The second-order valence-corrected chi connectivity index (χ2v) is 6.53. The maximum absolute atomic E-state index is 12.4. The Kier molecular flexibility index (Phi) is 3.57. The molecule has 1 unspecified atom stereocenters. The molecular weight excluding hydrogens is 270 g/mol. The van der Waals surface area contributed by atoms with E-state index in [1.54, 1.807) is 6.92 Å². The Labute approximate surface area is 111 Å². The summed E-state index contributed by atoms with van der Waals surface area (Å²) in [4.78, 5) is 10.1. The fourth-order valence-corrected chi connectivity index (χ4v) is 3.85. The quantitative estimate of drug-likeness (QED) is 0.647. The second-order valence-electron chi connectivity index (χ2n) is 4.62. The molecule has 0 spiro atoms. The fourth-order valence-electron chi connectivity index (χ4n) is 2.09. The van der Waals surface area contributed by atoms with Gasteiger partial charge in [0.25, 0.3) is 5.69 Å². The topological polar surface area (TPSA) is 107 Å². The molecule has 1 saturated heterocycles. The van der Waals surface area contributed by atoms with E-state index >= 15 is 0 Å². The SMILES string of the molecule is Cc1ccc([N+](=O)[O-])cc1S(=O)(=O)N1CCC(N)C1. The van der Waals surface area contributed by atoms with Gasteiger partial charge in [0, 0.05) is 31.3 Å². The Bertz CT molecular complexity index is 614. The van der Waals surface area contributed by atoms with Crippen molar-refractivity contribution in [2.75, 3.05) is 13.1 Å². The first-order valence-corrected chi connectivity index (χ1v) is 7.27. The molecule has 7 nitrogen and oxygen atoms in total. The summed E-state index contributed by atoms with van der Waals surface area (Å²) in [5.74, 6) is 0. The smallest absolute Gasteiger partial charge is 0.270 e. The van der Waals surface area contributed by atoms with Gasteiger partial charge in [0.05, 0.1) is 9.82 Å². The number of nitro groups is 1. The number of hydrogen-bond acceptors (Lipinski definition) is 5. The summed E-state index contributed by atoms with van der Waals surface area (Å²) in [6.07, 6.45) is 0.604. The van der Waals surface area contributed by atoms with Gasteiger partial charge in [-0.1, -0.05) is 6.07 Å². The van der Waals surface area contributed by atoms with Gasteiger partial charge in [-0.15, -0.1) is 0 Å². The fraction of sp³-hybridized carbons (Fsp3) is 0.455. The molecule has 0 aromatic heterocycles. The Balaban J connectivity index is 2.45. The van der Waals surface area contributed by atoms with Gasteiger partial charge < -0.3 is 5.73 Å². The molecule has 1 atom stereocenters. The zero-order valence-corrected chi connectivity index (χ0v) is 11.3. The minimum Gasteiger partial charge on any atom is -0.326 e. The van der Waals surface area contributed by atoms with Crippen molar-refractivity contribution in [1.82, 2.24) is 4.31 Å². The molecule has 0 radical (unpaired) electrons. The molecule has 0 aliphatic carbocycles. The molecule has 1 fully saturated rings. The molecule has 2 N–H and O–H groups in total. The number of nitrogens with two attached hydrogens (primary N) is 1. The summed E-state index contributed by atoms with van der Waals surface area (Å²) in [5, 5.41) is 10.7. The molecule has 19 heavy (non-hydrogen) atoms. The minimum absolute atomic E-state index is 0.0178.